The van der Waals surface area contributed by atoms with Crippen LogP contribution in [0.3, 0.4) is 0 Å². The topological polar surface area (TPSA) is 61.6 Å². The van der Waals surface area contributed by atoms with E-state index in [2.05, 4.69) is 102 Å². The summed E-state index contributed by atoms with van der Waals surface area (Å²) < 4.78 is 24.1. The molecule has 4 aromatic rings. The van der Waals surface area contributed by atoms with E-state index in [4.69, 9.17) is 28.9 Å². The van der Waals surface area contributed by atoms with E-state index in [9.17, 15) is 0 Å². The van der Waals surface area contributed by atoms with E-state index < -0.39 is 5.41 Å². The van der Waals surface area contributed by atoms with Gasteiger partial charge in [0.25, 0.3) is 0 Å². The van der Waals surface area contributed by atoms with Gasteiger partial charge in [0.2, 0.25) is 0 Å². The van der Waals surface area contributed by atoms with Gasteiger partial charge in [0, 0.05) is 11.8 Å². The molecule has 0 radical (unpaired) electrons. The summed E-state index contributed by atoms with van der Waals surface area (Å²) in [6.45, 7) is 13.7. The summed E-state index contributed by atoms with van der Waals surface area (Å²) in [7, 11) is 3.41. The van der Waals surface area contributed by atoms with E-state index in [0.717, 1.165) is 22.6 Å². The number of methoxy groups -OCH3 is 2. The fourth-order valence-corrected chi connectivity index (χ4v) is 7.22. The van der Waals surface area contributed by atoms with Crippen molar-refractivity contribution in [3.8, 4) is 11.5 Å². The van der Waals surface area contributed by atoms with Crippen molar-refractivity contribution in [3.63, 3.8) is 0 Å². The average Bonchev–Trinajstić information content (AvgIpc) is 3.73. The number of nitrogens with zero attached hydrogens (tertiary/aromatic N) is 2. The van der Waals surface area contributed by atoms with Gasteiger partial charge in [-0.3, -0.25) is 0 Å². The van der Waals surface area contributed by atoms with Crippen LogP contribution in [-0.2, 0) is 9.47 Å². The molecule has 0 spiro atoms. The molecule has 4 atom stereocenters. The number of rotatable bonds is 10. The van der Waals surface area contributed by atoms with Gasteiger partial charge in [-0.1, -0.05) is 82.9 Å². The Hall–Kier alpha value is -4.58. The third kappa shape index (κ3) is 6.78. The van der Waals surface area contributed by atoms with E-state index in [1.165, 1.54) is 33.4 Å². The maximum atomic E-state index is 6.45. The number of aliphatic imine (C=N–C) groups is 2. The Morgan fingerprint density at radius 2 is 0.957 bits per heavy atom. The first-order valence-electron chi connectivity index (χ1n) is 16.4. The van der Waals surface area contributed by atoms with Gasteiger partial charge in [-0.25, -0.2) is 9.98 Å². The molecule has 2 heterocycles. The van der Waals surface area contributed by atoms with Crippen LogP contribution in [-0.4, -0.2) is 51.3 Å². The quantitative estimate of drug-likeness (QED) is 0.176. The van der Waals surface area contributed by atoms with E-state index in [1.807, 2.05) is 24.3 Å². The van der Waals surface area contributed by atoms with Crippen LogP contribution in [0.15, 0.2) is 94.9 Å². The van der Waals surface area contributed by atoms with Crippen LogP contribution in [0.4, 0.5) is 0 Å². The van der Waals surface area contributed by atoms with Crippen LogP contribution in [0, 0.1) is 33.1 Å². The summed E-state index contributed by atoms with van der Waals surface area (Å²) in [4.78, 5) is 10.6. The Kier molecular flexibility index (Phi) is 9.14. The minimum Gasteiger partial charge on any atom is -0.497 e. The molecule has 0 saturated heterocycles. The Morgan fingerprint density at radius 1 is 0.574 bits per heavy atom. The zero-order valence-corrected chi connectivity index (χ0v) is 28.8. The van der Waals surface area contributed by atoms with Crippen molar-refractivity contribution in [1.82, 2.24) is 0 Å². The average molecular weight is 631 g/mol. The smallest absolute Gasteiger partial charge is 0.199 e. The molecule has 0 aliphatic carbocycles. The molecule has 0 saturated carbocycles. The minimum atomic E-state index is -0.646. The van der Waals surface area contributed by atoms with Crippen molar-refractivity contribution in [2.24, 2.45) is 15.4 Å². The highest BCUT2D eigenvalue weighted by molar-refractivity contribution is 6.05. The van der Waals surface area contributed by atoms with Crippen LogP contribution in [0.5, 0.6) is 11.5 Å². The molecule has 0 fully saturated rings. The lowest BCUT2D eigenvalue weighted by Crippen LogP contribution is -2.34. The number of hydrogen-bond donors (Lipinski definition) is 0. The van der Waals surface area contributed by atoms with Gasteiger partial charge in [-0.05, 0) is 88.1 Å². The summed E-state index contributed by atoms with van der Waals surface area (Å²) in [5.41, 5.74) is 9.00. The minimum absolute atomic E-state index is 0.00168. The monoisotopic (exact) mass is 630 g/mol. The zero-order valence-electron chi connectivity index (χ0n) is 28.8. The molecule has 244 valence electrons. The maximum absolute atomic E-state index is 6.45. The van der Waals surface area contributed by atoms with E-state index in [1.54, 1.807) is 14.2 Å². The summed E-state index contributed by atoms with van der Waals surface area (Å²) in [5, 5.41) is 0. The van der Waals surface area contributed by atoms with Crippen molar-refractivity contribution in [2.75, 3.05) is 27.4 Å². The number of aryl methyl sites for hydroxylation is 4. The lowest BCUT2D eigenvalue weighted by molar-refractivity contribution is 0.258. The van der Waals surface area contributed by atoms with Gasteiger partial charge in [0.05, 0.1) is 26.3 Å². The van der Waals surface area contributed by atoms with Crippen LogP contribution in [0.2, 0.25) is 0 Å². The molecule has 0 bridgehead atoms. The lowest BCUT2D eigenvalue weighted by atomic mass is 9.84. The molecule has 2 aliphatic rings. The molecule has 0 amide bonds. The predicted octanol–water partition coefficient (Wildman–Crippen LogP) is 8.52. The van der Waals surface area contributed by atoms with Gasteiger partial charge in [0.15, 0.2) is 11.8 Å². The predicted molar refractivity (Wildman–Crippen MR) is 190 cm³/mol. The zero-order chi connectivity index (χ0) is 33.3. The summed E-state index contributed by atoms with van der Waals surface area (Å²) in [6, 6.07) is 29.8. The molecule has 6 rings (SSSR count). The highest BCUT2D eigenvalue weighted by Gasteiger charge is 2.44. The Labute approximate surface area is 279 Å². The second kappa shape index (κ2) is 13.3. The van der Waals surface area contributed by atoms with Crippen LogP contribution < -0.4 is 9.47 Å². The maximum Gasteiger partial charge on any atom is 0.199 e. The first kappa shape index (κ1) is 32.4. The molecular formula is C41H46N2O4. The fourth-order valence-electron chi connectivity index (χ4n) is 7.22. The van der Waals surface area contributed by atoms with Crippen molar-refractivity contribution in [2.45, 2.75) is 65.5 Å². The van der Waals surface area contributed by atoms with Crippen molar-refractivity contribution in [3.05, 3.63) is 129 Å². The molecule has 6 nitrogen and oxygen atoms in total. The fraction of sp³-hybridized carbons (Fsp3) is 0.366. The third-order valence-electron chi connectivity index (χ3n) is 9.30. The second-order valence-electron chi connectivity index (χ2n) is 13.6. The summed E-state index contributed by atoms with van der Waals surface area (Å²) in [5.74, 6) is 2.97. The van der Waals surface area contributed by atoms with E-state index in [-0.39, 0.29) is 23.9 Å². The largest absolute Gasteiger partial charge is 0.497 e. The van der Waals surface area contributed by atoms with Crippen molar-refractivity contribution in [1.29, 1.82) is 0 Å². The Balaban J connectivity index is 1.35. The number of benzene rings is 4. The van der Waals surface area contributed by atoms with Gasteiger partial charge in [-0.15, -0.1) is 0 Å². The first-order valence-corrected chi connectivity index (χ1v) is 16.4. The molecular weight excluding hydrogens is 584 g/mol. The molecule has 0 N–H and O–H groups in total. The standard InChI is InChI=1S/C41H46N2O4/c1-25-15-26(2)18-31(17-25)37(29-11-9-13-33(21-29)44-7)35-23-46-39(42-35)41(5,6)40-43-36(24-47-40)38(30-12-10-14-34(22-30)45-8)32-19-27(3)16-28(4)20-32/h9-22,35-38H,23-24H2,1-8H3/t35-,36-,37-,38?/m1/s1. The first-order chi connectivity index (χ1) is 22.5. The van der Waals surface area contributed by atoms with Crippen LogP contribution >= 0.6 is 0 Å². The van der Waals surface area contributed by atoms with E-state index in [0.29, 0.717) is 25.0 Å². The van der Waals surface area contributed by atoms with Crippen molar-refractivity contribution < 1.29 is 18.9 Å². The summed E-state index contributed by atoms with van der Waals surface area (Å²) in [6.07, 6.45) is 0. The molecule has 1 unspecified atom stereocenters. The highest BCUT2D eigenvalue weighted by Crippen LogP contribution is 2.40. The number of hydrogen-bond acceptors (Lipinski definition) is 6. The Morgan fingerprint density at radius 3 is 1.32 bits per heavy atom. The van der Waals surface area contributed by atoms with Crippen LogP contribution in [0.1, 0.15) is 70.2 Å². The molecule has 47 heavy (non-hydrogen) atoms. The van der Waals surface area contributed by atoms with Gasteiger partial charge >= 0.3 is 0 Å². The van der Waals surface area contributed by atoms with Crippen LogP contribution in [0.25, 0.3) is 0 Å². The van der Waals surface area contributed by atoms with Crippen molar-refractivity contribution >= 4 is 11.8 Å². The third-order valence-corrected chi connectivity index (χ3v) is 9.30. The number of ether oxygens (including phenoxy) is 4. The molecule has 2 aliphatic heterocycles. The highest BCUT2D eigenvalue weighted by atomic mass is 16.5. The van der Waals surface area contributed by atoms with Gasteiger partial charge < -0.3 is 18.9 Å². The second-order valence-corrected chi connectivity index (χ2v) is 13.6. The summed E-state index contributed by atoms with van der Waals surface area (Å²) >= 11 is 0. The van der Waals surface area contributed by atoms with E-state index >= 15 is 0 Å². The SMILES string of the molecule is COc1cccc(C(c2cc(C)cc(C)c2)[C@H]2COC(C(C)(C)C3=N[C@@H]([C@@H](c4cc(C)cc(C)c4)c4cccc(OC)c4)CO3)=N2)c1. The van der Waals surface area contributed by atoms with Gasteiger partial charge in [-0.2, -0.15) is 0 Å². The molecule has 4 aromatic carbocycles. The molecule has 0 aromatic heterocycles. The normalized spacial score (nSPS) is 18.9. The van der Waals surface area contributed by atoms with Gasteiger partial charge in [0.1, 0.15) is 30.1 Å². The molecule has 6 heteroatoms. The lowest BCUT2D eigenvalue weighted by Gasteiger charge is -2.23. The Bertz CT molecular complexity index is 1650.